The highest BCUT2D eigenvalue weighted by molar-refractivity contribution is 7.11. The zero-order chi connectivity index (χ0) is 22.5. The van der Waals surface area contributed by atoms with Crippen LogP contribution in [0, 0.1) is 32.1 Å². The van der Waals surface area contributed by atoms with Crippen LogP contribution in [0.25, 0.3) is 17.3 Å². The molecule has 3 rings (SSSR count). The molecular formula is C24H25N3O2S2. The van der Waals surface area contributed by atoms with Crippen molar-refractivity contribution in [3.63, 3.8) is 0 Å². The summed E-state index contributed by atoms with van der Waals surface area (Å²) in [4.78, 5) is 27.2. The average Bonchev–Trinajstić information content (AvgIpc) is 3.27. The highest BCUT2D eigenvalue weighted by Crippen LogP contribution is 2.16. The van der Waals surface area contributed by atoms with Crippen molar-refractivity contribution in [1.29, 1.82) is 5.26 Å². The molecule has 0 spiro atoms. The second kappa shape index (κ2) is 9.90. The summed E-state index contributed by atoms with van der Waals surface area (Å²) in [6.45, 7) is 8.44. The highest BCUT2D eigenvalue weighted by Gasteiger charge is 2.18. The van der Waals surface area contributed by atoms with E-state index in [1.54, 1.807) is 11.3 Å². The number of carbonyl (C=O) groups excluding carboxylic acids is 1. The maximum absolute atomic E-state index is 13.5. The Kier molecular flexibility index (Phi) is 7.26. The summed E-state index contributed by atoms with van der Waals surface area (Å²) in [5, 5.41) is 14.6. The largest absolute Gasteiger partial charge is 0.351 e. The third kappa shape index (κ3) is 4.87. The highest BCUT2D eigenvalue weighted by atomic mass is 32.1. The minimum Gasteiger partial charge on any atom is -0.351 e. The molecule has 0 saturated heterocycles. The van der Waals surface area contributed by atoms with Gasteiger partial charge in [-0.15, -0.1) is 22.7 Å². The fraction of sp³-hybridized carbons (Fsp3) is 0.292. The molecule has 0 aliphatic rings. The number of thiophene rings is 1. The number of aryl methyl sites for hydroxylation is 3. The molecular weight excluding hydrogens is 426 g/mol. The van der Waals surface area contributed by atoms with Crippen LogP contribution in [0.1, 0.15) is 41.3 Å². The van der Waals surface area contributed by atoms with E-state index in [-0.39, 0.29) is 11.1 Å². The van der Waals surface area contributed by atoms with E-state index in [0.29, 0.717) is 21.4 Å². The van der Waals surface area contributed by atoms with Crippen molar-refractivity contribution in [3.8, 4) is 11.8 Å². The summed E-state index contributed by atoms with van der Waals surface area (Å²) in [6, 6.07) is 9.83. The first-order valence-corrected chi connectivity index (χ1v) is 11.8. The van der Waals surface area contributed by atoms with Gasteiger partial charge >= 0.3 is 0 Å². The molecule has 160 valence electrons. The topological polar surface area (TPSA) is 74.9 Å². The van der Waals surface area contributed by atoms with Gasteiger partial charge in [0.2, 0.25) is 0 Å². The predicted octanol–water partition coefficient (Wildman–Crippen LogP) is 3.31. The third-order valence-electron chi connectivity index (χ3n) is 4.95. The zero-order valence-corrected chi connectivity index (χ0v) is 19.7. The van der Waals surface area contributed by atoms with Crippen LogP contribution in [0.5, 0.6) is 0 Å². The van der Waals surface area contributed by atoms with Crippen molar-refractivity contribution < 1.29 is 4.79 Å². The zero-order valence-electron chi connectivity index (χ0n) is 18.1. The summed E-state index contributed by atoms with van der Waals surface area (Å²) >= 11 is 2.74. The minimum atomic E-state index is -0.449. The van der Waals surface area contributed by atoms with Crippen LogP contribution in [0.4, 0.5) is 0 Å². The van der Waals surface area contributed by atoms with Crippen LogP contribution in [0.15, 0.2) is 34.4 Å². The molecule has 2 heterocycles. The number of rotatable bonds is 6. The van der Waals surface area contributed by atoms with Crippen LogP contribution >= 0.6 is 22.7 Å². The van der Waals surface area contributed by atoms with E-state index in [9.17, 15) is 14.9 Å². The number of amides is 1. The van der Waals surface area contributed by atoms with Gasteiger partial charge in [-0.25, -0.2) is 0 Å². The summed E-state index contributed by atoms with van der Waals surface area (Å²) in [5.74, 6) is -0.449. The first kappa shape index (κ1) is 22.7. The number of aromatic nitrogens is 1. The van der Waals surface area contributed by atoms with E-state index in [2.05, 4.69) is 5.32 Å². The Morgan fingerprint density at radius 3 is 2.61 bits per heavy atom. The lowest BCUT2D eigenvalue weighted by Crippen LogP contribution is -2.34. The van der Waals surface area contributed by atoms with Crippen molar-refractivity contribution in [2.45, 2.75) is 40.5 Å². The molecule has 0 unspecified atom stereocenters. The molecule has 7 heteroatoms. The lowest BCUT2D eigenvalue weighted by atomic mass is 10.1. The Balaban J connectivity index is 2.34. The number of hydrogen-bond acceptors (Lipinski definition) is 5. The number of nitrogens with zero attached hydrogens (tertiary/aromatic N) is 2. The van der Waals surface area contributed by atoms with Crippen molar-refractivity contribution in [3.05, 3.63) is 70.8 Å². The van der Waals surface area contributed by atoms with Crippen LogP contribution < -0.4 is 20.1 Å². The first-order valence-electron chi connectivity index (χ1n) is 10.1. The molecule has 0 radical (unpaired) electrons. The molecule has 1 N–H and O–H groups in total. The number of benzene rings is 1. The van der Waals surface area contributed by atoms with E-state index in [4.69, 9.17) is 0 Å². The summed E-state index contributed by atoms with van der Waals surface area (Å²) in [7, 11) is 0. The second-order valence-corrected chi connectivity index (χ2v) is 9.39. The number of nitriles is 1. The molecule has 3 aromatic rings. The van der Waals surface area contributed by atoms with Gasteiger partial charge in [0, 0.05) is 11.4 Å². The smallest absolute Gasteiger partial charge is 0.273 e. The Hall–Kier alpha value is -2.95. The van der Waals surface area contributed by atoms with Gasteiger partial charge in [-0.1, -0.05) is 31.0 Å². The molecule has 31 heavy (non-hydrogen) atoms. The molecule has 5 nitrogen and oxygen atoms in total. The fourth-order valence-electron chi connectivity index (χ4n) is 3.24. The molecule has 1 aromatic carbocycles. The predicted molar refractivity (Wildman–Crippen MR) is 128 cm³/mol. The first-order chi connectivity index (χ1) is 14.9. The standard InChI is InChI=1S/C24H25N3O2S2/c1-5-6-10-26-22(28)18(14-25)24-27(19-8-7-15(2)12-17(19)4)23(29)21(31-24)13-20-16(3)9-11-30-20/h7-9,11-13H,5-6,10H2,1-4H3,(H,26,28)/b21-13-,24-18-. The van der Waals surface area contributed by atoms with Gasteiger partial charge in [0.25, 0.3) is 11.5 Å². The van der Waals surface area contributed by atoms with E-state index < -0.39 is 5.91 Å². The van der Waals surface area contributed by atoms with Gasteiger partial charge in [0.15, 0.2) is 5.57 Å². The Morgan fingerprint density at radius 1 is 1.23 bits per heavy atom. The molecule has 0 aliphatic carbocycles. The second-order valence-electron chi connectivity index (χ2n) is 7.41. The van der Waals surface area contributed by atoms with Crippen LogP contribution in [-0.4, -0.2) is 17.0 Å². The molecule has 0 aliphatic heterocycles. The maximum Gasteiger partial charge on any atom is 0.273 e. The number of carbonyl (C=O) groups is 1. The van der Waals surface area contributed by atoms with Gasteiger partial charge < -0.3 is 5.32 Å². The molecule has 0 atom stereocenters. The summed E-state index contributed by atoms with van der Waals surface area (Å²) in [5.41, 5.74) is 3.48. The van der Waals surface area contributed by atoms with Gasteiger partial charge in [0.05, 0.1) is 10.2 Å². The number of nitrogens with one attached hydrogen (secondary N) is 1. The molecule has 0 saturated carbocycles. The lowest BCUT2D eigenvalue weighted by Gasteiger charge is -2.09. The van der Waals surface area contributed by atoms with Gasteiger partial charge in [-0.3, -0.25) is 14.2 Å². The monoisotopic (exact) mass is 451 g/mol. The quantitative estimate of drug-likeness (QED) is 0.585. The average molecular weight is 452 g/mol. The minimum absolute atomic E-state index is 0.0410. The van der Waals surface area contributed by atoms with E-state index in [0.717, 1.165) is 34.4 Å². The summed E-state index contributed by atoms with van der Waals surface area (Å²) in [6.07, 6.45) is 3.61. The van der Waals surface area contributed by atoms with E-state index in [1.165, 1.54) is 15.9 Å². The third-order valence-corrected chi connectivity index (χ3v) is 7.01. The SMILES string of the molecule is CCCCNC(=O)/C(C#N)=c1\s/c(=C\c2sccc2C)c(=O)n1-c1ccc(C)cc1C. The van der Waals surface area contributed by atoms with Crippen LogP contribution in [0.3, 0.4) is 0 Å². The van der Waals surface area contributed by atoms with Crippen LogP contribution in [-0.2, 0) is 4.79 Å². The normalized spacial score (nSPS) is 12.5. The molecule has 2 aromatic heterocycles. The molecule has 0 fully saturated rings. The molecule has 1 amide bonds. The van der Waals surface area contributed by atoms with Crippen molar-refractivity contribution in [2.24, 2.45) is 0 Å². The Labute approximate surface area is 189 Å². The lowest BCUT2D eigenvalue weighted by molar-refractivity contribution is -0.115. The van der Waals surface area contributed by atoms with Crippen LogP contribution in [0.2, 0.25) is 0 Å². The van der Waals surface area contributed by atoms with E-state index >= 15 is 0 Å². The van der Waals surface area contributed by atoms with Gasteiger partial charge in [0.1, 0.15) is 10.7 Å². The summed E-state index contributed by atoms with van der Waals surface area (Å²) < 4.78 is 2.36. The van der Waals surface area contributed by atoms with Crippen molar-refractivity contribution in [2.75, 3.05) is 6.54 Å². The fourth-order valence-corrected chi connectivity index (χ4v) is 5.25. The van der Waals surface area contributed by atoms with Crippen molar-refractivity contribution in [1.82, 2.24) is 9.88 Å². The Morgan fingerprint density at radius 2 is 2.00 bits per heavy atom. The van der Waals surface area contributed by atoms with E-state index in [1.807, 2.05) is 69.5 Å². The number of unbranched alkanes of at least 4 members (excludes halogenated alkanes) is 1. The number of hydrogen-bond donors (Lipinski definition) is 1. The molecule has 0 bridgehead atoms. The van der Waals surface area contributed by atoms with Gasteiger partial charge in [-0.05, 0) is 61.9 Å². The van der Waals surface area contributed by atoms with Gasteiger partial charge in [-0.2, -0.15) is 5.26 Å². The maximum atomic E-state index is 13.5. The number of thiazole rings is 1. The van der Waals surface area contributed by atoms with Crippen molar-refractivity contribution >= 4 is 40.2 Å². The Bertz CT molecular complexity index is 1340.